The molecule has 0 aliphatic carbocycles. The fourth-order valence-corrected chi connectivity index (χ4v) is 7.90. The van der Waals surface area contributed by atoms with Gasteiger partial charge in [-0.3, -0.25) is 0 Å². The van der Waals surface area contributed by atoms with Gasteiger partial charge in [0.2, 0.25) is 0 Å². The van der Waals surface area contributed by atoms with Gasteiger partial charge in [-0.25, -0.2) is 0 Å². The molecular formula is C34H34GeN2. The molecular weight excluding hydrogens is 509 g/mol. The quantitative estimate of drug-likeness (QED) is 0.199. The first-order valence-electron chi connectivity index (χ1n) is 13.3. The van der Waals surface area contributed by atoms with Crippen LogP contribution in [0.2, 0.25) is 17.3 Å². The van der Waals surface area contributed by atoms with Crippen LogP contribution in [0.5, 0.6) is 0 Å². The van der Waals surface area contributed by atoms with Crippen LogP contribution in [0, 0.1) is 5.92 Å². The molecule has 2 nitrogen and oxygen atoms in total. The van der Waals surface area contributed by atoms with Gasteiger partial charge in [-0.05, 0) is 0 Å². The molecule has 0 radical (unpaired) electrons. The number of fused-ring (bicyclic) bond motifs is 4. The fraction of sp³-hybridized carbons (Fsp3) is 0.206. The number of pyridine rings is 1. The Morgan fingerprint density at radius 1 is 0.676 bits per heavy atom. The second-order valence-corrected chi connectivity index (χ2v) is 22.3. The molecule has 3 heteroatoms. The molecule has 0 N–H and O–H groups in total. The van der Waals surface area contributed by atoms with Crippen molar-refractivity contribution in [2.75, 3.05) is 0 Å². The zero-order chi connectivity index (χ0) is 25.7. The van der Waals surface area contributed by atoms with Crippen molar-refractivity contribution in [3.05, 3.63) is 97.1 Å². The molecule has 0 atom stereocenters. The van der Waals surface area contributed by atoms with E-state index < -0.39 is 13.3 Å². The first kappa shape index (κ1) is 24.0. The van der Waals surface area contributed by atoms with E-state index in [-0.39, 0.29) is 0 Å². The normalized spacial score (nSPS) is 12.3. The molecule has 184 valence electrons. The number of para-hydroxylation sites is 1. The Labute approximate surface area is 222 Å². The summed E-state index contributed by atoms with van der Waals surface area (Å²) in [5.74, 6) is 7.93. The van der Waals surface area contributed by atoms with E-state index in [4.69, 9.17) is 4.98 Å². The molecule has 4 aromatic carbocycles. The van der Waals surface area contributed by atoms with E-state index >= 15 is 0 Å². The number of hydrogen-bond donors (Lipinski definition) is 0. The van der Waals surface area contributed by atoms with Gasteiger partial charge < -0.3 is 0 Å². The summed E-state index contributed by atoms with van der Waals surface area (Å²) >= 11 is -1.98. The summed E-state index contributed by atoms with van der Waals surface area (Å²) < 4.78 is 4.00. The van der Waals surface area contributed by atoms with Crippen LogP contribution in [0.4, 0.5) is 0 Å². The van der Waals surface area contributed by atoms with Gasteiger partial charge in [-0.15, -0.1) is 0 Å². The molecule has 0 unspecified atom stereocenters. The number of aromatic nitrogens is 2. The first-order valence-corrected chi connectivity index (χ1v) is 20.7. The third kappa shape index (κ3) is 4.38. The average Bonchev–Trinajstić information content (AvgIpc) is 3.20. The molecule has 0 fully saturated rings. The molecule has 6 rings (SSSR count). The summed E-state index contributed by atoms with van der Waals surface area (Å²) in [6.45, 7) is 5.57. The average molecular weight is 543 g/mol. The molecule has 6 aromatic rings. The Bertz CT molecular complexity index is 1750. The Morgan fingerprint density at radius 3 is 2.16 bits per heavy atom. The molecule has 0 aliphatic heterocycles. The number of rotatable bonds is 5. The summed E-state index contributed by atoms with van der Waals surface area (Å²) in [5.41, 5.74) is 8.35. The number of nitrogens with zero attached hydrogens (tertiary/aromatic N) is 2. The van der Waals surface area contributed by atoms with Crippen molar-refractivity contribution in [1.82, 2.24) is 9.55 Å². The van der Waals surface area contributed by atoms with Crippen molar-refractivity contribution >= 4 is 50.4 Å². The molecule has 2 aromatic heterocycles. The van der Waals surface area contributed by atoms with E-state index in [9.17, 15) is 0 Å². The van der Waals surface area contributed by atoms with Crippen LogP contribution in [-0.2, 0) is 6.54 Å². The minimum absolute atomic E-state index is 0.563. The van der Waals surface area contributed by atoms with Crippen molar-refractivity contribution < 1.29 is 0 Å². The molecule has 0 saturated carbocycles. The Hall–Kier alpha value is -3.37. The third-order valence-electron chi connectivity index (χ3n) is 7.38. The van der Waals surface area contributed by atoms with Gasteiger partial charge in [0, 0.05) is 0 Å². The predicted molar refractivity (Wildman–Crippen MR) is 163 cm³/mol. The van der Waals surface area contributed by atoms with Gasteiger partial charge in [-0.1, -0.05) is 26.0 Å². The first-order chi connectivity index (χ1) is 17.8. The Morgan fingerprint density at radius 2 is 1.41 bits per heavy atom. The van der Waals surface area contributed by atoms with Crippen molar-refractivity contribution in [1.29, 1.82) is 0 Å². The van der Waals surface area contributed by atoms with Gasteiger partial charge in [0.05, 0.1) is 0 Å². The molecule has 0 aliphatic rings. The predicted octanol–water partition coefficient (Wildman–Crippen LogP) is 8.88. The third-order valence-corrected chi connectivity index (χ3v) is 11.7. The van der Waals surface area contributed by atoms with Gasteiger partial charge >= 0.3 is 197 Å². The van der Waals surface area contributed by atoms with Crippen molar-refractivity contribution in [3.8, 4) is 22.4 Å². The zero-order valence-corrected chi connectivity index (χ0v) is 24.5. The van der Waals surface area contributed by atoms with E-state index in [2.05, 4.69) is 133 Å². The second-order valence-electron chi connectivity index (χ2n) is 11.7. The molecule has 0 saturated heterocycles. The minimum atomic E-state index is -1.98. The number of benzene rings is 4. The van der Waals surface area contributed by atoms with Gasteiger partial charge in [0.15, 0.2) is 0 Å². The van der Waals surface area contributed by atoms with Crippen LogP contribution < -0.4 is 4.40 Å². The van der Waals surface area contributed by atoms with Crippen LogP contribution in [0.3, 0.4) is 0 Å². The molecule has 0 bridgehead atoms. The number of hydrogen-bond acceptors (Lipinski definition) is 1. The summed E-state index contributed by atoms with van der Waals surface area (Å²) in [6, 6.07) is 35.7. The van der Waals surface area contributed by atoms with Gasteiger partial charge in [0.1, 0.15) is 0 Å². The van der Waals surface area contributed by atoms with E-state index in [0.29, 0.717) is 5.92 Å². The SMILES string of the molecule is CC(C)Cn1c2ccccc2c2ccc(-c3cc(-c4ccccc4)c4c[c]([Ge]([CH3])([CH3])[CH3])ccc4n3)cc21. The standard InChI is InChI=1S/C34H34GeN2/c1-23(2)22-37-33-14-10-9-13-27(33)28-17-15-25(19-34(28)37)32-21-29(24-11-7-6-8-12-24)30-20-26(35(3,4)5)16-18-31(30)36-32/h6-21,23H,22H2,1-5H3. The molecule has 0 amide bonds. The topological polar surface area (TPSA) is 17.8 Å². The second kappa shape index (κ2) is 9.18. The Kier molecular flexibility index (Phi) is 5.96. The Balaban J connectivity index is 1.60. The van der Waals surface area contributed by atoms with E-state index in [1.54, 1.807) is 0 Å². The summed E-state index contributed by atoms with van der Waals surface area (Å²) in [5, 5.41) is 3.88. The summed E-state index contributed by atoms with van der Waals surface area (Å²) in [6.07, 6.45) is 0. The van der Waals surface area contributed by atoms with Crippen molar-refractivity contribution in [2.45, 2.75) is 37.7 Å². The maximum absolute atomic E-state index is 5.22. The van der Waals surface area contributed by atoms with Crippen molar-refractivity contribution in [2.24, 2.45) is 5.92 Å². The zero-order valence-electron chi connectivity index (χ0n) is 22.4. The van der Waals surface area contributed by atoms with E-state index in [0.717, 1.165) is 23.3 Å². The van der Waals surface area contributed by atoms with Gasteiger partial charge in [-0.2, -0.15) is 0 Å². The van der Waals surface area contributed by atoms with Crippen molar-refractivity contribution in [3.63, 3.8) is 0 Å². The summed E-state index contributed by atoms with van der Waals surface area (Å²) in [7, 11) is 0. The van der Waals surface area contributed by atoms with Crippen LogP contribution in [0.15, 0.2) is 97.1 Å². The van der Waals surface area contributed by atoms with Gasteiger partial charge in [0.25, 0.3) is 0 Å². The van der Waals surface area contributed by atoms with Crippen LogP contribution >= 0.6 is 0 Å². The van der Waals surface area contributed by atoms with E-state index in [1.165, 1.54) is 42.7 Å². The molecule has 2 heterocycles. The fourth-order valence-electron chi connectivity index (χ4n) is 5.47. The van der Waals surface area contributed by atoms with Crippen LogP contribution in [0.25, 0.3) is 55.1 Å². The molecule has 0 spiro atoms. The monoisotopic (exact) mass is 544 g/mol. The van der Waals surface area contributed by atoms with Crippen LogP contribution in [0.1, 0.15) is 13.8 Å². The maximum atomic E-state index is 5.22. The van der Waals surface area contributed by atoms with Crippen LogP contribution in [-0.4, -0.2) is 22.8 Å². The molecule has 37 heavy (non-hydrogen) atoms. The van der Waals surface area contributed by atoms with E-state index in [1.807, 2.05) is 0 Å². The summed E-state index contributed by atoms with van der Waals surface area (Å²) in [4.78, 5) is 5.22.